The Balaban J connectivity index is 1.69. The molecule has 7 nitrogen and oxygen atoms in total. The second-order valence-electron chi connectivity index (χ2n) is 6.33. The number of amides is 1. The van der Waals surface area contributed by atoms with Crippen LogP contribution in [0.1, 0.15) is 11.1 Å². The first-order chi connectivity index (χ1) is 14.2. The molecule has 0 atom stereocenters. The molecule has 0 aliphatic heterocycles. The molecule has 3 aromatic rings. The van der Waals surface area contributed by atoms with Crippen LogP contribution in [-0.4, -0.2) is 19.3 Å². The Kier molecular flexibility index (Phi) is 6.24. The quantitative estimate of drug-likeness (QED) is 0.584. The molecule has 3 N–H and O–H groups in total. The number of sulfonamides is 1. The van der Waals surface area contributed by atoms with Gasteiger partial charge in [0, 0.05) is 18.0 Å². The van der Waals surface area contributed by atoms with Crippen LogP contribution in [0.4, 0.5) is 10.1 Å². The van der Waals surface area contributed by atoms with Crippen molar-refractivity contribution in [3.63, 3.8) is 0 Å². The van der Waals surface area contributed by atoms with Crippen molar-refractivity contribution in [2.24, 2.45) is 5.14 Å². The lowest BCUT2D eigenvalue weighted by Gasteiger charge is -2.08. The number of carbonyl (C=O) groups is 1. The van der Waals surface area contributed by atoms with Gasteiger partial charge >= 0.3 is 0 Å². The maximum Gasteiger partial charge on any atom is 0.248 e. The number of nitrogens with zero attached hydrogens (tertiary/aromatic N) is 1. The van der Waals surface area contributed by atoms with Crippen molar-refractivity contribution in [2.45, 2.75) is 11.8 Å². The molecule has 0 fully saturated rings. The van der Waals surface area contributed by atoms with E-state index in [1.165, 1.54) is 42.6 Å². The van der Waals surface area contributed by atoms with Gasteiger partial charge in [0.1, 0.15) is 5.75 Å². The topological polar surface area (TPSA) is 111 Å². The van der Waals surface area contributed by atoms with Crippen LogP contribution >= 0.6 is 0 Å². The van der Waals surface area contributed by atoms with Gasteiger partial charge in [-0.15, -0.1) is 0 Å². The summed E-state index contributed by atoms with van der Waals surface area (Å²) in [6.45, 7) is 1.60. The molecule has 1 aromatic heterocycles. The van der Waals surface area contributed by atoms with Crippen molar-refractivity contribution >= 4 is 27.7 Å². The standard InChI is InChI=1S/C21H18FN3O4S/c1-14-4-7-16(12-20(14)30(23,27)28)25-21(26)9-6-15-5-8-19(18(22)11-15)29-17-3-2-10-24-13-17/h2-13H,1H3,(H,25,26)(H2,23,27,28)/b9-6+. The average molecular weight is 427 g/mol. The predicted molar refractivity (Wildman–Crippen MR) is 111 cm³/mol. The molecule has 9 heteroatoms. The fourth-order valence-corrected chi connectivity index (χ4v) is 3.39. The molecule has 0 bridgehead atoms. The Bertz CT molecular complexity index is 1210. The number of carbonyl (C=O) groups excluding carboxylic acids is 1. The highest BCUT2D eigenvalue weighted by atomic mass is 32.2. The Morgan fingerprint density at radius 1 is 1.20 bits per heavy atom. The molecule has 0 saturated heterocycles. The number of halogens is 1. The van der Waals surface area contributed by atoms with E-state index in [4.69, 9.17) is 9.88 Å². The minimum Gasteiger partial charge on any atom is -0.453 e. The number of pyridine rings is 1. The van der Waals surface area contributed by atoms with Gasteiger partial charge in [-0.05, 0) is 60.5 Å². The van der Waals surface area contributed by atoms with Gasteiger partial charge in [0.05, 0.1) is 11.1 Å². The molecule has 3 rings (SSSR count). The highest BCUT2D eigenvalue weighted by molar-refractivity contribution is 7.89. The van der Waals surface area contributed by atoms with Crippen LogP contribution in [0.25, 0.3) is 6.08 Å². The van der Waals surface area contributed by atoms with E-state index in [2.05, 4.69) is 10.3 Å². The van der Waals surface area contributed by atoms with Crippen LogP contribution in [0.5, 0.6) is 11.5 Å². The molecular weight excluding hydrogens is 409 g/mol. The summed E-state index contributed by atoms with van der Waals surface area (Å²) in [5.41, 5.74) is 1.18. The highest BCUT2D eigenvalue weighted by Gasteiger charge is 2.12. The summed E-state index contributed by atoms with van der Waals surface area (Å²) < 4.78 is 42.8. The number of ether oxygens (including phenoxy) is 1. The minimum atomic E-state index is -3.91. The first kappa shape index (κ1) is 21.2. The molecule has 0 radical (unpaired) electrons. The number of benzene rings is 2. The van der Waals surface area contributed by atoms with Gasteiger partial charge in [0.15, 0.2) is 11.6 Å². The molecule has 0 unspecified atom stereocenters. The van der Waals surface area contributed by atoms with E-state index in [0.717, 1.165) is 0 Å². The number of nitrogens with two attached hydrogens (primary N) is 1. The molecule has 0 saturated carbocycles. The van der Waals surface area contributed by atoms with Crippen molar-refractivity contribution in [2.75, 3.05) is 5.32 Å². The van der Waals surface area contributed by atoms with Gasteiger partial charge in [-0.3, -0.25) is 9.78 Å². The Morgan fingerprint density at radius 3 is 2.67 bits per heavy atom. The fraction of sp³-hybridized carbons (Fsp3) is 0.0476. The van der Waals surface area contributed by atoms with E-state index >= 15 is 0 Å². The zero-order valence-electron chi connectivity index (χ0n) is 15.9. The number of rotatable bonds is 6. The van der Waals surface area contributed by atoms with E-state index in [-0.39, 0.29) is 16.3 Å². The van der Waals surface area contributed by atoms with Crippen LogP contribution in [0, 0.1) is 12.7 Å². The first-order valence-electron chi connectivity index (χ1n) is 8.72. The number of nitrogens with one attached hydrogen (secondary N) is 1. The van der Waals surface area contributed by atoms with Gasteiger partial charge in [-0.25, -0.2) is 17.9 Å². The van der Waals surface area contributed by atoms with E-state index in [1.54, 1.807) is 37.4 Å². The number of aryl methyl sites for hydroxylation is 1. The number of hydrogen-bond acceptors (Lipinski definition) is 5. The Labute approximate surface area is 173 Å². The lowest BCUT2D eigenvalue weighted by atomic mass is 10.2. The summed E-state index contributed by atoms with van der Waals surface area (Å²) in [5, 5.41) is 7.70. The molecule has 2 aromatic carbocycles. The van der Waals surface area contributed by atoms with Crippen LogP contribution in [0.3, 0.4) is 0 Å². The summed E-state index contributed by atoms with van der Waals surface area (Å²) in [5.74, 6) is -0.691. The maximum atomic E-state index is 14.3. The normalized spacial score (nSPS) is 11.4. The van der Waals surface area contributed by atoms with Crippen molar-refractivity contribution < 1.29 is 22.3 Å². The molecule has 1 heterocycles. The van der Waals surface area contributed by atoms with E-state index < -0.39 is 21.7 Å². The van der Waals surface area contributed by atoms with Gasteiger partial charge in [-0.2, -0.15) is 0 Å². The minimum absolute atomic E-state index is 0.0276. The van der Waals surface area contributed by atoms with E-state index in [1.807, 2.05) is 0 Å². The van der Waals surface area contributed by atoms with Crippen LogP contribution in [0.15, 0.2) is 71.9 Å². The van der Waals surface area contributed by atoms with Crippen LogP contribution < -0.4 is 15.2 Å². The smallest absolute Gasteiger partial charge is 0.248 e. The summed E-state index contributed by atoms with van der Waals surface area (Å²) in [6, 6.07) is 11.9. The molecule has 154 valence electrons. The van der Waals surface area contributed by atoms with Gasteiger partial charge in [0.25, 0.3) is 0 Å². The van der Waals surface area contributed by atoms with Gasteiger partial charge in [-0.1, -0.05) is 12.1 Å². The number of hydrogen-bond donors (Lipinski definition) is 2. The second kappa shape index (κ2) is 8.85. The summed E-state index contributed by atoms with van der Waals surface area (Å²) in [6.07, 6.45) is 5.66. The lowest BCUT2D eigenvalue weighted by Crippen LogP contribution is -2.15. The monoisotopic (exact) mass is 427 g/mol. The molecule has 1 amide bonds. The lowest BCUT2D eigenvalue weighted by molar-refractivity contribution is -0.111. The van der Waals surface area contributed by atoms with Gasteiger partial charge < -0.3 is 10.1 Å². The third kappa shape index (κ3) is 5.49. The van der Waals surface area contributed by atoms with Crippen molar-refractivity contribution in [3.8, 4) is 11.5 Å². The number of anilines is 1. The van der Waals surface area contributed by atoms with E-state index in [9.17, 15) is 17.6 Å². The maximum absolute atomic E-state index is 14.3. The first-order valence-corrected chi connectivity index (χ1v) is 10.3. The predicted octanol–water partition coefficient (Wildman–Crippen LogP) is 3.62. The van der Waals surface area contributed by atoms with Crippen molar-refractivity contribution in [1.82, 2.24) is 4.98 Å². The van der Waals surface area contributed by atoms with Crippen molar-refractivity contribution in [3.05, 3.63) is 83.9 Å². The molecular formula is C21H18FN3O4S. The van der Waals surface area contributed by atoms with E-state index in [0.29, 0.717) is 16.9 Å². The largest absolute Gasteiger partial charge is 0.453 e. The third-order valence-electron chi connectivity index (χ3n) is 4.01. The highest BCUT2D eigenvalue weighted by Crippen LogP contribution is 2.25. The number of primary sulfonamides is 1. The zero-order chi connectivity index (χ0) is 21.7. The second-order valence-corrected chi connectivity index (χ2v) is 7.86. The van der Waals surface area contributed by atoms with Gasteiger partial charge in [0.2, 0.25) is 15.9 Å². The SMILES string of the molecule is Cc1ccc(NC(=O)/C=C/c2ccc(Oc3cccnc3)c(F)c2)cc1S(N)(=O)=O. The Morgan fingerprint density at radius 2 is 2.00 bits per heavy atom. The zero-order valence-corrected chi connectivity index (χ0v) is 16.7. The Hall–Kier alpha value is -3.56. The van der Waals surface area contributed by atoms with Crippen molar-refractivity contribution in [1.29, 1.82) is 0 Å². The summed E-state index contributed by atoms with van der Waals surface area (Å²) in [7, 11) is -3.91. The summed E-state index contributed by atoms with van der Waals surface area (Å²) >= 11 is 0. The van der Waals surface area contributed by atoms with Crippen LogP contribution in [0.2, 0.25) is 0 Å². The number of aromatic nitrogens is 1. The molecule has 30 heavy (non-hydrogen) atoms. The fourth-order valence-electron chi connectivity index (χ4n) is 2.58. The molecule has 0 aliphatic carbocycles. The summed E-state index contributed by atoms with van der Waals surface area (Å²) in [4.78, 5) is 15.9. The average Bonchev–Trinajstić information content (AvgIpc) is 2.70. The molecule has 0 aliphatic rings. The third-order valence-corrected chi connectivity index (χ3v) is 5.06. The molecule has 0 spiro atoms. The van der Waals surface area contributed by atoms with Crippen LogP contribution in [-0.2, 0) is 14.8 Å².